The lowest BCUT2D eigenvalue weighted by molar-refractivity contribution is 0.235. The summed E-state index contributed by atoms with van der Waals surface area (Å²) in [5.41, 5.74) is 0. The monoisotopic (exact) mass is 176 g/mol. The molecule has 1 aliphatic heterocycles. The zero-order valence-electron chi connectivity index (χ0n) is 6.80. The Kier molecular flexibility index (Phi) is 3.61. The van der Waals surface area contributed by atoms with E-state index in [1.165, 1.54) is 12.5 Å². The van der Waals surface area contributed by atoms with Crippen LogP contribution in [0.25, 0.3) is 0 Å². The van der Waals surface area contributed by atoms with E-state index < -0.39 is 8.56 Å². The zero-order valence-corrected chi connectivity index (χ0v) is 9.37. The lowest BCUT2D eigenvalue weighted by atomic mass is 10.5. The largest absolute Gasteiger partial charge is 0.425 e. The molecular formula is C6H16O2Si2. The van der Waals surface area contributed by atoms with E-state index in [1.807, 2.05) is 0 Å². The third-order valence-corrected chi connectivity index (χ3v) is 8.09. The summed E-state index contributed by atoms with van der Waals surface area (Å²) in [6.07, 6.45) is 1.68. The number of hydrogen-bond acceptors (Lipinski definition) is 2. The number of hydrogen-bond donors (Lipinski definition) is 0. The van der Waals surface area contributed by atoms with E-state index >= 15 is 0 Å². The minimum absolute atomic E-state index is 0.204. The van der Waals surface area contributed by atoms with Gasteiger partial charge in [0.05, 0.1) is 0 Å². The molecule has 10 heavy (non-hydrogen) atoms. The molecule has 0 aromatic rings. The summed E-state index contributed by atoms with van der Waals surface area (Å²) in [5, 5.41) is 0. The first-order valence-electron chi connectivity index (χ1n) is 4.02. The normalized spacial score (nSPS) is 29.7. The Bertz CT molecular complexity index is 91.7. The van der Waals surface area contributed by atoms with Crippen molar-refractivity contribution < 1.29 is 8.85 Å². The molecule has 60 valence electrons. The van der Waals surface area contributed by atoms with Gasteiger partial charge >= 0.3 is 0 Å². The smallest absolute Gasteiger partial charge is 0.189 e. The van der Waals surface area contributed by atoms with Crippen LogP contribution < -0.4 is 0 Å². The topological polar surface area (TPSA) is 18.5 Å². The summed E-state index contributed by atoms with van der Waals surface area (Å²) >= 11 is 0. The molecule has 0 amide bonds. The van der Waals surface area contributed by atoms with E-state index in [1.54, 1.807) is 0 Å². The predicted octanol–water partition coefficient (Wildman–Crippen LogP) is 0.136. The molecule has 4 heteroatoms. The van der Waals surface area contributed by atoms with Crippen LogP contribution in [-0.4, -0.2) is 30.5 Å². The van der Waals surface area contributed by atoms with Gasteiger partial charge in [-0.2, -0.15) is 0 Å². The van der Waals surface area contributed by atoms with Crippen molar-refractivity contribution in [3.8, 4) is 0 Å². The highest BCUT2D eigenvalue weighted by Gasteiger charge is 2.18. The summed E-state index contributed by atoms with van der Waals surface area (Å²) in [5.74, 6) is 0. The highest BCUT2D eigenvalue weighted by molar-refractivity contribution is 7.06. The molecule has 0 aliphatic carbocycles. The van der Waals surface area contributed by atoms with Gasteiger partial charge in [0.1, 0.15) is 0 Å². The van der Waals surface area contributed by atoms with Gasteiger partial charge in [-0.25, -0.2) is 0 Å². The van der Waals surface area contributed by atoms with Crippen LogP contribution in [0.3, 0.4) is 0 Å². The van der Waals surface area contributed by atoms with Gasteiger partial charge in [0, 0.05) is 12.7 Å². The molecule has 1 atom stereocenters. The van der Waals surface area contributed by atoms with Gasteiger partial charge < -0.3 is 8.85 Å². The first kappa shape index (κ1) is 8.45. The number of rotatable bonds is 2. The highest BCUT2D eigenvalue weighted by atomic mass is 29.2. The van der Waals surface area contributed by atoms with Crippen LogP contribution in [0.15, 0.2) is 0 Å². The van der Waals surface area contributed by atoms with Crippen molar-refractivity contribution in [2.45, 2.75) is 32.4 Å². The molecule has 1 heterocycles. The van der Waals surface area contributed by atoms with E-state index in [2.05, 4.69) is 13.8 Å². The Morgan fingerprint density at radius 2 is 2.40 bits per heavy atom. The second kappa shape index (κ2) is 4.28. The lowest BCUT2D eigenvalue weighted by Crippen LogP contribution is -2.35. The van der Waals surface area contributed by atoms with Crippen molar-refractivity contribution in [3.63, 3.8) is 0 Å². The van der Waals surface area contributed by atoms with Crippen molar-refractivity contribution in [2.24, 2.45) is 0 Å². The molecule has 1 rings (SSSR count). The Hall–Kier alpha value is 0.354. The van der Waals surface area contributed by atoms with Crippen LogP contribution in [0.2, 0.25) is 6.04 Å². The molecule has 0 N–H and O–H groups in total. The second-order valence-electron chi connectivity index (χ2n) is 3.02. The van der Waals surface area contributed by atoms with Gasteiger partial charge in [-0.1, -0.05) is 0 Å². The van der Waals surface area contributed by atoms with Gasteiger partial charge in [0.15, 0.2) is 17.8 Å². The summed E-state index contributed by atoms with van der Waals surface area (Å²) in [6.45, 7) is 5.25. The van der Waals surface area contributed by atoms with Crippen LogP contribution in [-0.2, 0) is 8.85 Å². The average molecular weight is 176 g/mol. The SMILES string of the molecule is CC(C)O[SiH]1CCCO[SiH2]1. The van der Waals surface area contributed by atoms with Crippen molar-refractivity contribution in [1.82, 2.24) is 0 Å². The fourth-order valence-electron chi connectivity index (χ4n) is 1.20. The average Bonchev–Trinajstić information content (AvgIpc) is 1.88. The Morgan fingerprint density at radius 3 is 2.90 bits per heavy atom. The first-order valence-corrected chi connectivity index (χ1v) is 9.15. The predicted molar refractivity (Wildman–Crippen MR) is 47.3 cm³/mol. The molecular weight excluding hydrogens is 160 g/mol. The van der Waals surface area contributed by atoms with Gasteiger partial charge in [0.25, 0.3) is 0 Å². The Morgan fingerprint density at radius 1 is 1.60 bits per heavy atom. The van der Waals surface area contributed by atoms with Crippen molar-refractivity contribution in [3.05, 3.63) is 0 Å². The zero-order chi connectivity index (χ0) is 7.40. The minimum Gasteiger partial charge on any atom is -0.425 e. The van der Waals surface area contributed by atoms with E-state index in [9.17, 15) is 0 Å². The van der Waals surface area contributed by atoms with Crippen LogP contribution in [0.4, 0.5) is 0 Å². The van der Waals surface area contributed by atoms with Gasteiger partial charge in [-0.05, 0) is 26.3 Å². The van der Waals surface area contributed by atoms with Crippen LogP contribution >= 0.6 is 0 Å². The minimum atomic E-state index is -0.767. The van der Waals surface area contributed by atoms with Crippen LogP contribution in [0, 0.1) is 0 Å². The molecule has 1 saturated heterocycles. The summed E-state index contributed by atoms with van der Waals surface area (Å²) in [6, 6.07) is 1.37. The van der Waals surface area contributed by atoms with Gasteiger partial charge in [-0.3, -0.25) is 0 Å². The Labute approximate surface area is 66.4 Å². The molecule has 1 fully saturated rings. The second-order valence-corrected chi connectivity index (χ2v) is 9.59. The Balaban J connectivity index is 2.13. The van der Waals surface area contributed by atoms with Crippen molar-refractivity contribution in [2.75, 3.05) is 6.61 Å². The van der Waals surface area contributed by atoms with Gasteiger partial charge in [0.2, 0.25) is 0 Å². The van der Waals surface area contributed by atoms with E-state index in [4.69, 9.17) is 8.85 Å². The molecule has 0 saturated carbocycles. The summed E-state index contributed by atoms with van der Waals surface area (Å²) < 4.78 is 11.2. The first-order chi connectivity index (χ1) is 4.79. The third kappa shape index (κ3) is 2.96. The van der Waals surface area contributed by atoms with Crippen molar-refractivity contribution >= 4 is 17.8 Å². The highest BCUT2D eigenvalue weighted by Crippen LogP contribution is 2.07. The maximum Gasteiger partial charge on any atom is 0.189 e. The van der Waals surface area contributed by atoms with Crippen LogP contribution in [0.1, 0.15) is 20.3 Å². The van der Waals surface area contributed by atoms with Gasteiger partial charge in [-0.15, -0.1) is 0 Å². The molecule has 0 bridgehead atoms. The molecule has 2 nitrogen and oxygen atoms in total. The maximum atomic E-state index is 5.77. The molecule has 0 radical (unpaired) electrons. The van der Waals surface area contributed by atoms with E-state index in [0.29, 0.717) is 6.10 Å². The molecule has 1 aliphatic rings. The van der Waals surface area contributed by atoms with Crippen LogP contribution in [0.5, 0.6) is 0 Å². The summed E-state index contributed by atoms with van der Waals surface area (Å²) in [4.78, 5) is 0. The molecule has 0 aromatic carbocycles. The quantitative estimate of drug-likeness (QED) is 0.557. The van der Waals surface area contributed by atoms with E-state index in [-0.39, 0.29) is 9.28 Å². The maximum absolute atomic E-state index is 5.77. The molecule has 0 aromatic heterocycles. The van der Waals surface area contributed by atoms with Crippen molar-refractivity contribution in [1.29, 1.82) is 0 Å². The molecule has 1 unspecified atom stereocenters. The fourth-order valence-corrected chi connectivity index (χ4v) is 7.66. The standard InChI is InChI=1S/C6H16O2Si2/c1-6(2)8-10-5-3-4-7-9-10/h6,10H,3-5,9H2,1-2H3. The lowest BCUT2D eigenvalue weighted by Gasteiger charge is -2.22. The fraction of sp³-hybridized carbons (Fsp3) is 1.00. The summed E-state index contributed by atoms with van der Waals surface area (Å²) in [7, 11) is -0.971. The third-order valence-electron chi connectivity index (χ3n) is 1.58. The molecule has 0 spiro atoms. The van der Waals surface area contributed by atoms with E-state index in [0.717, 1.165) is 6.61 Å².